The lowest BCUT2D eigenvalue weighted by Crippen LogP contribution is -2.50. The van der Waals surface area contributed by atoms with Crippen LogP contribution in [0.3, 0.4) is 0 Å². The number of nitrogens with one attached hydrogen (secondary N) is 1. The first-order valence-electron chi connectivity index (χ1n) is 10.1. The van der Waals surface area contributed by atoms with Gasteiger partial charge in [0, 0.05) is 18.2 Å². The zero-order valence-electron chi connectivity index (χ0n) is 18.0. The van der Waals surface area contributed by atoms with Gasteiger partial charge in [0.05, 0.1) is 6.42 Å². The molecule has 2 atom stereocenters. The number of carbonyl (C=O) groups is 2. The van der Waals surface area contributed by atoms with E-state index in [2.05, 4.69) is 5.32 Å². The van der Waals surface area contributed by atoms with Crippen molar-refractivity contribution in [3.63, 3.8) is 0 Å². The molecule has 0 fully saturated rings. The van der Waals surface area contributed by atoms with E-state index >= 15 is 0 Å². The maximum absolute atomic E-state index is 14.2. The fourth-order valence-corrected chi connectivity index (χ4v) is 3.05. The molecule has 4 nitrogen and oxygen atoms in total. The number of amides is 2. The molecular formula is C24H31FN2O2. The van der Waals surface area contributed by atoms with Crippen LogP contribution >= 0.6 is 0 Å². The van der Waals surface area contributed by atoms with Crippen molar-refractivity contribution in [2.45, 2.75) is 66.1 Å². The molecule has 156 valence electrons. The van der Waals surface area contributed by atoms with Crippen molar-refractivity contribution in [1.82, 2.24) is 10.2 Å². The molecule has 29 heavy (non-hydrogen) atoms. The molecule has 0 aliphatic rings. The number of carbonyl (C=O) groups excluding carboxylic acids is 2. The zero-order chi connectivity index (χ0) is 21.6. The molecule has 2 aromatic rings. The van der Waals surface area contributed by atoms with Crippen LogP contribution < -0.4 is 5.32 Å². The molecule has 0 unspecified atom stereocenters. The third-order valence-corrected chi connectivity index (χ3v) is 5.39. The topological polar surface area (TPSA) is 49.4 Å². The van der Waals surface area contributed by atoms with E-state index in [-0.39, 0.29) is 36.6 Å². The number of halogens is 1. The molecule has 0 aliphatic heterocycles. The van der Waals surface area contributed by atoms with Crippen molar-refractivity contribution < 1.29 is 14.0 Å². The summed E-state index contributed by atoms with van der Waals surface area (Å²) in [6, 6.07) is 11.5. The van der Waals surface area contributed by atoms with Crippen molar-refractivity contribution in [2.24, 2.45) is 0 Å². The van der Waals surface area contributed by atoms with Gasteiger partial charge in [-0.2, -0.15) is 0 Å². The van der Waals surface area contributed by atoms with E-state index in [1.54, 1.807) is 25.1 Å². The number of rotatable bonds is 8. The van der Waals surface area contributed by atoms with Gasteiger partial charge in [0.1, 0.15) is 11.9 Å². The van der Waals surface area contributed by atoms with Crippen LogP contribution in [-0.2, 0) is 22.6 Å². The highest BCUT2D eigenvalue weighted by Gasteiger charge is 2.27. The number of aryl methyl sites for hydroxylation is 2. The first kappa shape index (κ1) is 22.6. The van der Waals surface area contributed by atoms with Crippen LogP contribution in [0.5, 0.6) is 0 Å². The minimum absolute atomic E-state index is 0.00936. The second kappa shape index (κ2) is 10.2. The van der Waals surface area contributed by atoms with Crippen LogP contribution in [0.4, 0.5) is 4.39 Å². The van der Waals surface area contributed by atoms with Crippen LogP contribution in [-0.4, -0.2) is 28.8 Å². The predicted molar refractivity (Wildman–Crippen MR) is 114 cm³/mol. The molecule has 5 heteroatoms. The molecule has 0 aromatic heterocycles. The third kappa shape index (κ3) is 6.14. The van der Waals surface area contributed by atoms with Gasteiger partial charge in [-0.25, -0.2) is 4.39 Å². The average molecular weight is 399 g/mol. The summed E-state index contributed by atoms with van der Waals surface area (Å²) < 4.78 is 14.2. The lowest BCUT2D eigenvalue weighted by atomic mass is 10.0. The van der Waals surface area contributed by atoms with Gasteiger partial charge in [-0.1, -0.05) is 43.3 Å². The van der Waals surface area contributed by atoms with Crippen molar-refractivity contribution >= 4 is 11.8 Å². The minimum atomic E-state index is -0.706. The Labute approximate surface area is 173 Å². The summed E-state index contributed by atoms with van der Waals surface area (Å²) in [4.78, 5) is 27.3. The monoisotopic (exact) mass is 398 g/mol. The molecule has 1 N–H and O–H groups in total. The van der Waals surface area contributed by atoms with Crippen molar-refractivity contribution in [3.8, 4) is 0 Å². The van der Waals surface area contributed by atoms with Gasteiger partial charge in [-0.05, 0) is 56.9 Å². The second-order valence-corrected chi connectivity index (χ2v) is 7.70. The lowest BCUT2D eigenvalue weighted by Gasteiger charge is -2.30. The highest BCUT2D eigenvalue weighted by molar-refractivity contribution is 5.88. The predicted octanol–water partition coefficient (Wildman–Crippen LogP) is 4.32. The van der Waals surface area contributed by atoms with Crippen LogP contribution in [0, 0.1) is 19.7 Å². The standard InChI is InChI=1S/C24H31FN2O2/c1-6-18(4)26-24(29)19(5)27(15-21-9-7-8-10-22(21)25)23(28)14-20-12-11-16(2)17(3)13-20/h7-13,18-19H,6,14-15H2,1-5H3,(H,26,29)/t18-,19-/m1/s1. The highest BCUT2D eigenvalue weighted by Crippen LogP contribution is 2.16. The summed E-state index contributed by atoms with van der Waals surface area (Å²) in [5.74, 6) is -0.821. The van der Waals surface area contributed by atoms with Gasteiger partial charge in [0.15, 0.2) is 0 Å². The Kier molecular flexibility index (Phi) is 7.94. The summed E-state index contributed by atoms with van der Waals surface area (Å²) in [6.07, 6.45) is 0.957. The SMILES string of the molecule is CC[C@@H](C)NC(=O)[C@@H](C)N(Cc1ccccc1F)C(=O)Cc1ccc(C)c(C)c1. The van der Waals surface area contributed by atoms with Gasteiger partial charge < -0.3 is 10.2 Å². The number of hydrogen-bond acceptors (Lipinski definition) is 2. The Bertz CT molecular complexity index is 866. The van der Waals surface area contributed by atoms with E-state index in [0.717, 1.165) is 23.1 Å². The van der Waals surface area contributed by atoms with Crippen LogP contribution in [0.15, 0.2) is 42.5 Å². The van der Waals surface area contributed by atoms with Crippen LogP contribution in [0.1, 0.15) is 49.4 Å². The molecule has 0 saturated carbocycles. The minimum Gasteiger partial charge on any atom is -0.352 e. The van der Waals surface area contributed by atoms with E-state index in [1.165, 1.54) is 11.0 Å². The van der Waals surface area contributed by atoms with Crippen LogP contribution in [0.2, 0.25) is 0 Å². The Balaban J connectivity index is 2.27. The van der Waals surface area contributed by atoms with Gasteiger partial charge in [0.25, 0.3) is 0 Å². The Hall–Kier alpha value is -2.69. The van der Waals surface area contributed by atoms with E-state index < -0.39 is 6.04 Å². The van der Waals surface area contributed by atoms with Crippen LogP contribution in [0.25, 0.3) is 0 Å². The van der Waals surface area contributed by atoms with Crippen molar-refractivity contribution in [2.75, 3.05) is 0 Å². The molecule has 0 spiro atoms. The number of benzene rings is 2. The molecule has 2 amide bonds. The quantitative estimate of drug-likeness (QED) is 0.720. The smallest absolute Gasteiger partial charge is 0.242 e. The highest BCUT2D eigenvalue weighted by atomic mass is 19.1. The van der Waals surface area contributed by atoms with Gasteiger partial charge in [-0.15, -0.1) is 0 Å². The van der Waals surface area contributed by atoms with E-state index in [9.17, 15) is 14.0 Å². The Morgan fingerprint density at radius 1 is 1.07 bits per heavy atom. The fraction of sp³-hybridized carbons (Fsp3) is 0.417. The van der Waals surface area contributed by atoms with Gasteiger partial charge in [-0.3, -0.25) is 9.59 Å². The van der Waals surface area contributed by atoms with E-state index in [0.29, 0.717) is 5.56 Å². The first-order valence-corrected chi connectivity index (χ1v) is 10.1. The molecule has 0 radical (unpaired) electrons. The number of hydrogen-bond donors (Lipinski definition) is 1. The normalized spacial score (nSPS) is 12.9. The van der Waals surface area contributed by atoms with Gasteiger partial charge in [0.2, 0.25) is 11.8 Å². The number of nitrogens with zero attached hydrogens (tertiary/aromatic N) is 1. The van der Waals surface area contributed by atoms with E-state index in [4.69, 9.17) is 0 Å². The molecule has 0 bridgehead atoms. The molecule has 0 saturated heterocycles. The molecule has 0 aliphatic carbocycles. The molecule has 0 heterocycles. The average Bonchev–Trinajstić information content (AvgIpc) is 2.69. The summed E-state index contributed by atoms with van der Waals surface area (Å²) in [6.45, 7) is 9.66. The summed E-state index contributed by atoms with van der Waals surface area (Å²) in [7, 11) is 0. The molecule has 2 rings (SSSR count). The van der Waals surface area contributed by atoms with E-state index in [1.807, 2.05) is 45.9 Å². The van der Waals surface area contributed by atoms with Crippen molar-refractivity contribution in [1.29, 1.82) is 0 Å². The largest absolute Gasteiger partial charge is 0.352 e. The maximum atomic E-state index is 14.2. The van der Waals surface area contributed by atoms with Crippen molar-refractivity contribution in [3.05, 3.63) is 70.5 Å². The molecule has 2 aromatic carbocycles. The Morgan fingerprint density at radius 3 is 2.38 bits per heavy atom. The lowest BCUT2D eigenvalue weighted by molar-refractivity contribution is -0.140. The van der Waals surface area contributed by atoms with Gasteiger partial charge >= 0.3 is 0 Å². The third-order valence-electron chi connectivity index (χ3n) is 5.39. The molecular weight excluding hydrogens is 367 g/mol. The zero-order valence-corrected chi connectivity index (χ0v) is 18.0. The summed E-state index contributed by atoms with van der Waals surface area (Å²) in [5.41, 5.74) is 3.54. The maximum Gasteiger partial charge on any atom is 0.242 e. The Morgan fingerprint density at radius 2 is 1.76 bits per heavy atom. The summed E-state index contributed by atoms with van der Waals surface area (Å²) >= 11 is 0. The second-order valence-electron chi connectivity index (χ2n) is 7.70. The summed E-state index contributed by atoms with van der Waals surface area (Å²) in [5, 5.41) is 2.92. The fourth-order valence-electron chi connectivity index (χ4n) is 3.05. The first-order chi connectivity index (χ1) is 13.7.